The van der Waals surface area contributed by atoms with Crippen LogP contribution in [0.1, 0.15) is 43.4 Å². The standard InChI is InChI=1S/C28H33FIN7O/c1-5-7-10-25(29)24(20(3)38-4)18-36-15-8-9-22(17-36)27-19-37(35-32-27)23(6-2)16-26-28(33-34-30-26)21-11-13-31-14-12-21/h6-7,10-14,16,19,22,34H,2-3,5,8-9,15,17-18H2,1,4H3/b10-7-,23-16+,25-24+/t22-/m1/s1. The van der Waals surface area contributed by atoms with Crippen molar-refractivity contribution < 1.29 is 9.13 Å². The number of ether oxygens (including phenoxy) is 1. The molecule has 4 rings (SSSR count). The molecule has 1 saturated heterocycles. The number of likely N-dealkylation sites (tertiary alicyclic amines) is 1. The SMILES string of the molecule is C=C/C(=C\C1=INN=C1c1ccncc1)n1cc([C@@H]2CCCN(C/C(C(=C)OC)=C(F)/C=C\CC)C2)nn1. The number of hydrogen-bond donors (Lipinski definition) is 1. The molecule has 0 aromatic carbocycles. The summed E-state index contributed by atoms with van der Waals surface area (Å²) in [7, 11) is 1.52. The minimum absolute atomic E-state index is 0.192. The quantitative estimate of drug-likeness (QED) is 0.158. The van der Waals surface area contributed by atoms with Gasteiger partial charge >= 0.3 is 0 Å². The van der Waals surface area contributed by atoms with E-state index in [0.717, 1.165) is 58.5 Å². The first kappa shape index (κ1) is 27.8. The molecule has 2 aliphatic rings. The Balaban J connectivity index is 1.49. The van der Waals surface area contributed by atoms with E-state index in [2.05, 4.69) is 48.2 Å². The number of pyridine rings is 1. The van der Waals surface area contributed by atoms with E-state index in [9.17, 15) is 4.39 Å². The van der Waals surface area contributed by atoms with Gasteiger partial charge in [0.2, 0.25) is 0 Å². The van der Waals surface area contributed by atoms with E-state index in [1.807, 2.05) is 25.3 Å². The summed E-state index contributed by atoms with van der Waals surface area (Å²) >= 11 is -0.466. The second kappa shape index (κ2) is 13.5. The van der Waals surface area contributed by atoms with Gasteiger partial charge in [-0.25, -0.2) is 9.07 Å². The van der Waals surface area contributed by atoms with E-state index in [1.54, 1.807) is 29.2 Å². The zero-order chi connectivity index (χ0) is 26.9. The Morgan fingerprint density at radius 3 is 2.89 bits per heavy atom. The molecule has 4 heterocycles. The number of halogens is 2. The van der Waals surface area contributed by atoms with Crippen molar-refractivity contribution in [2.45, 2.75) is 32.1 Å². The summed E-state index contributed by atoms with van der Waals surface area (Å²) in [6.45, 7) is 11.9. The van der Waals surface area contributed by atoms with Gasteiger partial charge in [0.05, 0.1) is 28.2 Å². The Bertz CT molecular complexity index is 1310. The predicted octanol–water partition coefficient (Wildman–Crippen LogP) is 5.29. The second-order valence-corrected chi connectivity index (χ2v) is 11.1. The molecule has 0 amide bonds. The molecule has 200 valence electrons. The van der Waals surface area contributed by atoms with Crippen molar-refractivity contribution in [2.24, 2.45) is 5.10 Å². The van der Waals surface area contributed by atoms with Crippen LogP contribution >= 0.6 is 21.0 Å². The highest BCUT2D eigenvalue weighted by atomic mass is 127. The second-order valence-electron chi connectivity index (χ2n) is 8.92. The van der Waals surface area contributed by atoms with Crippen LogP contribution in [-0.2, 0) is 4.74 Å². The molecule has 2 aromatic heterocycles. The molecule has 0 bridgehead atoms. The summed E-state index contributed by atoms with van der Waals surface area (Å²) in [5, 5.41) is 13.4. The van der Waals surface area contributed by atoms with Crippen LogP contribution in [-0.4, -0.2) is 60.8 Å². The minimum Gasteiger partial charge on any atom is -0.497 e. The number of aromatic nitrogens is 4. The van der Waals surface area contributed by atoms with Crippen molar-refractivity contribution in [1.29, 1.82) is 0 Å². The van der Waals surface area contributed by atoms with Crippen LogP contribution < -0.4 is 3.64 Å². The van der Waals surface area contributed by atoms with Gasteiger partial charge in [0.25, 0.3) is 0 Å². The highest BCUT2D eigenvalue weighted by molar-refractivity contribution is 14.2. The van der Waals surface area contributed by atoms with Crippen molar-refractivity contribution in [2.75, 3.05) is 26.7 Å². The molecule has 1 N–H and O–H groups in total. The molecule has 0 aliphatic carbocycles. The molecule has 1 atom stereocenters. The molecule has 0 spiro atoms. The molecule has 0 saturated carbocycles. The predicted molar refractivity (Wildman–Crippen MR) is 160 cm³/mol. The first-order valence-corrected chi connectivity index (χ1v) is 14.7. The molecule has 0 unspecified atom stereocenters. The van der Waals surface area contributed by atoms with E-state index >= 15 is 0 Å². The van der Waals surface area contributed by atoms with E-state index in [4.69, 9.17) is 4.74 Å². The summed E-state index contributed by atoms with van der Waals surface area (Å²) < 4.78 is 26.2. The lowest BCUT2D eigenvalue weighted by molar-refractivity contribution is 0.212. The van der Waals surface area contributed by atoms with Crippen molar-refractivity contribution in [1.82, 2.24) is 28.5 Å². The fourth-order valence-electron chi connectivity index (χ4n) is 4.36. The summed E-state index contributed by atoms with van der Waals surface area (Å²) in [6, 6.07) is 3.90. The van der Waals surface area contributed by atoms with Crippen LogP contribution in [0.15, 0.2) is 90.4 Å². The van der Waals surface area contributed by atoms with Crippen molar-refractivity contribution in [3.05, 3.63) is 96.6 Å². The summed E-state index contributed by atoms with van der Waals surface area (Å²) in [6.07, 6.45) is 15.4. The lowest BCUT2D eigenvalue weighted by Crippen LogP contribution is -2.36. The average molecular weight is 630 g/mol. The Morgan fingerprint density at radius 1 is 1.34 bits per heavy atom. The minimum atomic E-state index is -0.466. The smallest absolute Gasteiger partial charge is 0.131 e. The fourth-order valence-corrected chi connectivity index (χ4v) is 6.14. The number of piperidine rings is 1. The van der Waals surface area contributed by atoms with Gasteiger partial charge in [-0.15, -0.1) is 5.10 Å². The Labute approximate surface area is 233 Å². The summed E-state index contributed by atoms with van der Waals surface area (Å²) in [4.78, 5) is 6.33. The molecule has 2 aromatic rings. The third-order valence-corrected chi connectivity index (χ3v) is 8.30. The highest BCUT2D eigenvalue weighted by Gasteiger charge is 2.26. The van der Waals surface area contributed by atoms with Crippen LogP contribution in [0.25, 0.3) is 5.70 Å². The number of methoxy groups -OCH3 is 1. The number of nitrogens with one attached hydrogen (secondary N) is 1. The fraction of sp³-hybridized carbons (Fsp3) is 0.321. The first-order valence-electron chi connectivity index (χ1n) is 12.6. The maximum atomic E-state index is 14.9. The van der Waals surface area contributed by atoms with Gasteiger partial charge in [0.15, 0.2) is 0 Å². The number of nitrogens with zero attached hydrogens (tertiary/aromatic N) is 6. The van der Waals surface area contributed by atoms with Crippen LogP contribution in [0.2, 0.25) is 0 Å². The summed E-state index contributed by atoms with van der Waals surface area (Å²) in [5.74, 6) is 0.245. The van der Waals surface area contributed by atoms with E-state index in [0.29, 0.717) is 17.9 Å². The van der Waals surface area contributed by atoms with E-state index < -0.39 is 21.0 Å². The molecular weight excluding hydrogens is 596 g/mol. The van der Waals surface area contributed by atoms with Gasteiger partial charge in [-0.2, -0.15) is 5.10 Å². The topological polar surface area (TPSA) is 80.5 Å². The number of rotatable bonds is 11. The van der Waals surface area contributed by atoms with Gasteiger partial charge in [-0.1, -0.05) is 31.4 Å². The molecular formula is C28H33FIN7O. The van der Waals surface area contributed by atoms with Crippen molar-refractivity contribution in [3.8, 4) is 0 Å². The molecule has 10 heteroatoms. The maximum absolute atomic E-state index is 14.9. The van der Waals surface area contributed by atoms with Gasteiger partial charge < -0.3 is 4.74 Å². The lowest BCUT2D eigenvalue weighted by atomic mass is 9.94. The van der Waals surface area contributed by atoms with Gasteiger partial charge in [0.1, 0.15) is 17.3 Å². The van der Waals surface area contributed by atoms with Gasteiger partial charge in [0, 0.05) is 63.5 Å². The van der Waals surface area contributed by atoms with E-state index in [-0.39, 0.29) is 11.7 Å². The number of hydrogen-bond acceptors (Lipinski definition) is 7. The molecule has 2 aliphatic heterocycles. The van der Waals surface area contributed by atoms with Crippen LogP contribution in [0.5, 0.6) is 0 Å². The average Bonchev–Trinajstić information content (AvgIpc) is 3.64. The zero-order valence-electron chi connectivity index (χ0n) is 21.8. The largest absolute Gasteiger partial charge is 0.497 e. The number of allylic oxidation sites excluding steroid dienone is 6. The molecule has 38 heavy (non-hydrogen) atoms. The summed E-state index contributed by atoms with van der Waals surface area (Å²) in [5.41, 5.74) is 4.17. The molecule has 0 radical (unpaired) electrons. The Kier molecular flexibility index (Phi) is 9.88. The Morgan fingerprint density at radius 2 is 2.16 bits per heavy atom. The van der Waals surface area contributed by atoms with Crippen molar-refractivity contribution in [3.63, 3.8) is 0 Å². The van der Waals surface area contributed by atoms with Crippen LogP contribution in [0, 0.1) is 0 Å². The third kappa shape index (κ3) is 6.79. The van der Waals surface area contributed by atoms with Crippen LogP contribution in [0.4, 0.5) is 4.39 Å². The highest BCUT2D eigenvalue weighted by Crippen LogP contribution is 2.28. The van der Waals surface area contributed by atoms with Gasteiger partial charge in [-0.05, 0) is 56.2 Å². The zero-order valence-corrected chi connectivity index (χ0v) is 23.9. The number of hydrazone groups is 1. The lowest BCUT2D eigenvalue weighted by Gasteiger charge is -2.32. The molecule has 8 nitrogen and oxygen atoms in total. The monoisotopic (exact) mass is 629 g/mol. The Hall–Kier alpha value is -3.25. The van der Waals surface area contributed by atoms with Crippen molar-refractivity contribution >= 4 is 35.9 Å². The third-order valence-electron chi connectivity index (χ3n) is 6.41. The first-order chi connectivity index (χ1) is 18.5. The van der Waals surface area contributed by atoms with Crippen LogP contribution in [0.3, 0.4) is 0 Å². The maximum Gasteiger partial charge on any atom is 0.131 e. The normalized spacial score (nSPS) is 19.2. The van der Waals surface area contributed by atoms with E-state index in [1.165, 1.54) is 13.2 Å². The molecule has 1 fully saturated rings. The van der Waals surface area contributed by atoms with Gasteiger partial charge in [-0.3, -0.25) is 13.5 Å².